The third-order valence-corrected chi connectivity index (χ3v) is 3.10. The minimum atomic E-state index is 0.190. The maximum Gasteiger partial charge on any atom is 0.220 e. The number of hydrogen-bond acceptors (Lipinski definition) is 3. The molecule has 0 aromatic carbocycles. The van der Waals surface area contributed by atoms with E-state index in [1.807, 2.05) is 6.92 Å². The Morgan fingerprint density at radius 3 is 2.81 bits per heavy atom. The second-order valence-corrected chi connectivity index (χ2v) is 4.65. The molecule has 1 unspecified atom stereocenters. The molecule has 0 aromatic heterocycles. The van der Waals surface area contributed by atoms with Gasteiger partial charge in [-0.3, -0.25) is 4.79 Å². The number of methoxy groups -OCH3 is 1. The number of carbonyl (C=O) groups is 1. The molecule has 1 atom stereocenters. The fraction of sp³-hybridized carbons (Fsp3) is 0.917. The SMILES string of the molecule is COCCC(C)NC(=O)CC1CCNCC1. The number of hydrogen-bond donors (Lipinski definition) is 2. The van der Waals surface area contributed by atoms with Crippen LogP contribution in [-0.2, 0) is 9.53 Å². The summed E-state index contributed by atoms with van der Waals surface area (Å²) in [6.07, 6.45) is 3.81. The van der Waals surface area contributed by atoms with Crippen LogP contribution in [-0.4, -0.2) is 38.8 Å². The molecule has 1 fully saturated rings. The van der Waals surface area contributed by atoms with Gasteiger partial charge in [-0.2, -0.15) is 0 Å². The number of ether oxygens (including phenoxy) is 1. The van der Waals surface area contributed by atoms with Gasteiger partial charge in [-0.25, -0.2) is 0 Å². The number of rotatable bonds is 6. The summed E-state index contributed by atoms with van der Waals surface area (Å²) in [5.41, 5.74) is 0. The number of carbonyl (C=O) groups excluding carboxylic acids is 1. The lowest BCUT2D eigenvalue weighted by atomic mass is 9.94. The van der Waals surface area contributed by atoms with Crippen molar-refractivity contribution in [2.45, 2.75) is 38.6 Å². The molecular formula is C12H24N2O2. The van der Waals surface area contributed by atoms with E-state index in [4.69, 9.17) is 4.74 Å². The average Bonchev–Trinajstić information content (AvgIpc) is 2.27. The smallest absolute Gasteiger partial charge is 0.220 e. The van der Waals surface area contributed by atoms with Gasteiger partial charge in [-0.1, -0.05) is 0 Å². The van der Waals surface area contributed by atoms with Crippen molar-refractivity contribution in [2.24, 2.45) is 5.92 Å². The van der Waals surface area contributed by atoms with Crippen LogP contribution in [0.5, 0.6) is 0 Å². The van der Waals surface area contributed by atoms with Crippen LogP contribution < -0.4 is 10.6 Å². The first kappa shape index (κ1) is 13.5. The van der Waals surface area contributed by atoms with Crippen molar-refractivity contribution >= 4 is 5.91 Å². The Kier molecular flexibility index (Phi) is 6.42. The van der Waals surface area contributed by atoms with E-state index in [0.29, 0.717) is 18.9 Å². The second-order valence-electron chi connectivity index (χ2n) is 4.65. The Bertz CT molecular complexity index is 203. The van der Waals surface area contributed by atoms with Crippen LogP contribution in [0.3, 0.4) is 0 Å². The molecule has 4 heteroatoms. The molecule has 0 bridgehead atoms. The van der Waals surface area contributed by atoms with Gasteiger partial charge in [0.1, 0.15) is 0 Å². The van der Waals surface area contributed by atoms with Gasteiger partial charge in [0.15, 0.2) is 0 Å². The van der Waals surface area contributed by atoms with Gasteiger partial charge in [0, 0.05) is 26.2 Å². The van der Waals surface area contributed by atoms with E-state index in [9.17, 15) is 4.79 Å². The molecule has 4 nitrogen and oxygen atoms in total. The van der Waals surface area contributed by atoms with Gasteiger partial charge in [0.25, 0.3) is 0 Å². The maximum absolute atomic E-state index is 11.7. The van der Waals surface area contributed by atoms with Crippen molar-refractivity contribution in [3.8, 4) is 0 Å². The van der Waals surface area contributed by atoms with Crippen LogP contribution in [0, 0.1) is 5.92 Å². The van der Waals surface area contributed by atoms with Crippen LogP contribution in [0.4, 0.5) is 0 Å². The van der Waals surface area contributed by atoms with Crippen LogP contribution in [0.25, 0.3) is 0 Å². The first-order chi connectivity index (χ1) is 7.72. The summed E-state index contributed by atoms with van der Waals surface area (Å²) in [4.78, 5) is 11.7. The normalized spacial score (nSPS) is 19.4. The maximum atomic E-state index is 11.7. The Hall–Kier alpha value is -0.610. The van der Waals surface area contributed by atoms with E-state index in [1.54, 1.807) is 7.11 Å². The van der Waals surface area contributed by atoms with Crippen molar-refractivity contribution in [2.75, 3.05) is 26.8 Å². The Balaban J connectivity index is 2.13. The molecule has 16 heavy (non-hydrogen) atoms. The predicted molar refractivity (Wildman–Crippen MR) is 64.3 cm³/mol. The summed E-state index contributed by atoms with van der Waals surface area (Å²) < 4.78 is 4.98. The van der Waals surface area contributed by atoms with Crippen LogP contribution in [0.15, 0.2) is 0 Å². The van der Waals surface area contributed by atoms with Gasteiger partial charge >= 0.3 is 0 Å². The average molecular weight is 228 g/mol. The highest BCUT2D eigenvalue weighted by Gasteiger charge is 2.17. The van der Waals surface area contributed by atoms with Crippen molar-refractivity contribution in [3.05, 3.63) is 0 Å². The zero-order valence-electron chi connectivity index (χ0n) is 10.4. The van der Waals surface area contributed by atoms with E-state index in [1.165, 1.54) is 0 Å². The standard InChI is InChI=1S/C12H24N2O2/c1-10(5-8-16-2)14-12(15)9-11-3-6-13-7-4-11/h10-11,13H,3-9H2,1-2H3,(H,14,15). The lowest BCUT2D eigenvalue weighted by molar-refractivity contribution is -0.122. The third-order valence-electron chi connectivity index (χ3n) is 3.10. The van der Waals surface area contributed by atoms with E-state index < -0.39 is 0 Å². The Morgan fingerprint density at radius 1 is 1.50 bits per heavy atom. The Labute approximate surface area is 98.1 Å². The lowest BCUT2D eigenvalue weighted by Crippen LogP contribution is -2.36. The summed E-state index contributed by atoms with van der Waals surface area (Å²) in [6.45, 7) is 4.84. The Morgan fingerprint density at radius 2 is 2.19 bits per heavy atom. The zero-order chi connectivity index (χ0) is 11.8. The van der Waals surface area contributed by atoms with Crippen LogP contribution in [0.2, 0.25) is 0 Å². The molecule has 0 spiro atoms. The first-order valence-electron chi connectivity index (χ1n) is 6.21. The summed E-state index contributed by atoms with van der Waals surface area (Å²) in [5.74, 6) is 0.756. The van der Waals surface area contributed by atoms with Gasteiger partial charge in [0.2, 0.25) is 5.91 Å². The van der Waals surface area contributed by atoms with Crippen molar-refractivity contribution in [1.29, 1.82) is 0 Å². The molecule has 1 saturated heterocycles. The molecule has 1 aliphatic heterocycles. The summed E-state index contributed by atoms with van der Waals surface area (Å²) in [7, 11) is 1.68. The highest BCUT2D eigenvalue weighted by atomic mass is 16.5. The minimum absolute atomic E-state index is 0.190. The first-order valence-corrected chi connectivity index (χ1v) is 6.21. The fourth-order valence-corrected chi connectivity index (χ4v) is 2.05. The quantitative estimate of drug-likeness (QED) is 0.710. The summed E-state index contributed by atoms with van der Waals surface area (Å²) in [6, 6.07) is 0.217. The van der Waals surface area contributed by atoms with E-state index in [-0.39, 0.29) is 11.9 Å². The molecule has 0 aliphatic carbocycles. The molecule has 1 rings (SSSR count). The molecule has 2 N–H and O–H groups in total. The topological polar surface area (TPSA) is 50.4 Å². The second kappa shape index (κ2) is 7.63. The largest absolute Gasteiger partial charge is 0.385 e. The zero-order valence-corrected chi connectivity index (χ0v) is 10.4. The van der Waals surface area contributed by atoms with Crippen LogP contribution in [0.1, 0.15) is 32.6 Å². The molecular weight excluding hydrogens is 204 g/mol. The van der Waals surface area contributed by atoms with Gasteiger partial charge < -0.3 is 15.4 Å². The number of nitrogens with one attached hydrogen (secondary N) is 2. The molecule has 0 radical (unpaired) electrons. The lowest BCUT2D eigenvalue weighted by Gasteiger charge is -2.23. The molecule has 94 valence electrons. The van der Waals surface area contributed by atoms with Gasteiger partial charge in [0.05, 0.1) is 0 Å². The van der Waals surface area contributed by atoms with Crippen LogP contribution >= 0.6 is 0 Å². The number of amides is 1. The van der Waals surface area contributed by atoms with Crippen molar-refractivity contribution in [3.63, 3.8) is 0 Å². The van der Waals surface area contributed by atoms with Gasteiger partial charge in [-0.05, 0) is 45.2 Å². The molecule has 1 amide bonds. The molecule has 1 aliphatic rings. The highest BCUT2D eigenvalue weighted by molar-refractivity contribution is 5.76. The van der Waals surface area contributed by atoms with Crippen molar-refractivity contribution < 1.29 is 9.53 Å². The van der Waals surface area contributed by atoms with Crippen molar-refractivity contribution in [1.82, 2.24) is 10.6 Å². The van der Waals surface area contributed by atoms with E-state index in [0.717, 1.165) is 32.4 Å². The van der Waals surface area contributed by atoms with E-state index in [2.05, 4.69) is 10.6 Å². The van der Waals surface area contributed by atoms with E-state index >= 15 is 0 Å². The summed E-state index contributed by atoms with van der Waals surface area (Å²) >= 11 is 0. The third kappa shape index (κ3) is 5.47. The predicted octanol–water partition coefficient (Wildman–Crippen LogP) is 0.917. The number of piperidine rings is 1. The van der Waals surface area contributed by atoms with Gasteiger partial charge in [-0.15, -0.1) is 0 Å². The fourth-order valence-electron chi connectivity index (χ4n) is 2.05. The monoisotopic (exact) mass is 228 g/mol. The summed E-state index contributed by atoms with van der Waals surface area (Å²) in [5, 5.41) is 6.33. The highest BCUT2D eigenvalue weighted by Crippen LogP contribution is 2.15. The molecule has 0 saturated carbocycles. The minimum Gasteiger partial charge on any atom is -0.385 e. The molecule has 1 heterocycles. The molecule has 0 aromatic rings.